The minimum absolute atomic E-state index is 0. The number of aromatic nitrogens is 2. The van der Waals surface area contributed by atoms with Gasteiger partial charge in [-0.05, 0) is 40.0 Å². The molecule has 2 unspecified atom stereocenters. The molecule has 0 fully saturated rings. The van der Waals surface area contributed by atoms with Gasteiger partial charge in [-0.2, -0.15) is 0 Å². The van der Waals surface area contributed by atoms with E-state index in [4.69, 9.17) is 27.2 Å². The van der Waals surface area contributed by atoms with E-state index in [1.54, 1.807) is 27.7 Å². The highest BCUT2D eigenvalue weighted by Gasteiger charge is 2.26. The van der Waals surface area contributed by atoms with Crippen molar-refractivity contribution in [2.75, 3.05) is 0 Å². The van der Waals surface area contributed by atoms with Crippen molar-refractivity contribution < 1.29 is 38.2 Å². The third-order valence-corrected chi connectivity index (χ3v) is 4.74. The van der Waals surface area contributed by atoms with Crippen molar-refractivity contribution in [3.05, 3.63) is 36.7 Å². The Morgan fingerprint density at radius 2 is 1.50 bits per heavy atom. The fourth-order valence-corrected chi connectivity index (χ4v) is 2.62. The van der Waals surface area contributed by atoms with Gasteiger partial charge in [0.05, 0.1) is 24.5 Å². The number of nitrogens with two attached hydrogens (primary N) is 1. The molecule has 228 valence electrons. The molecule has 2 amide bonds. The number of aliphatic hydroxyl groups excluding tert-OH is 2. The van der Waals surface area contributed by atoms with E-state index in [1.807, 2.05) is 13.8 Å². The monoisotopic (exact) mass is 609 g/mol. The van der Waals surface area contributed by atoms with Gasteiger partial charge in [-0.25, -0.2) is 14.8 Å². The Morgan fingerprint density at radius 1 is 1.00 bits per heavy atom. The van der Waals surface area contributed by atoms with Gasteiger partial charge in [-0.15, -0.1) is 24.8 Å². The van der Waals surface area contributed by atoms with Crippen molar-refractivity contribution in [3.63, 3.8) is 0 Å². The van der Waals surface area contributed by atoms with Crippen LogP contribution in [0, 0.1) is 0 Å². The Labute approximate surface area is 248 Å². The van der Waals surface area contributed by atoms with Crippen LogP contribution in [-0.4, -0.2) is 69.9 Å². The summed E-state index contributed by atoms with van der Waals surface area (Å²) >= 11 is 0. The Bertz CT molecular complexity index is 917. The van der Waals surface area contributed by atoms with Crippen molar-refractivity contribution in [2.24, 2.45) is 5.73 Å². The molecule has 13 nitrogen and oxygen atoms in total. The first-order valence-electron chi connectivity index (χ1n) is 12.2. The van der Waals surface area contributed by atoms with Crippen LogP contribution in [0.15, 0.2) is 33.8 Å². The van der Waals surface area contributed by atoms with Gasteiger partial charge in [-0.3, -0.25) is 4.79 Å². The highest BCUT2D eigenvalue weighted by Crippen LogP contribution is 2.18. The Balaban J connectivity index is -0.000000539. The fraction of sp³-hybridized carbons (Fsp3) is 0.625. The first kappa shape index (κ1) is 41.8. The van der Waals surface area contributed by atoms with Crippen molar-refractivity contribution in [3.8, 4) is 0 Å². The van der Waals surface area contributed by atoms with E-state index in [0.29, 0.717) is 31.4 Å². The third-order valence-electron chi connectivity index (χ3n) is 4.74. The SMILES string of the molecule is CC[C@H](N)C(O)c1ncco1.CC[C@H](NC(=O)OC(C)(C)C)C(O)c1ncco1.Cl.Cl.[B]C(=O)N[C@H](C=O)CC. The fourth-order valence-electron chi connectivity index (χ4n) is 2.62. The van der Waals surface area contributed by atoms with Gasteiger partial charge < -0.3 is 44.9 Å². The van der Waals surface area contributed by atoms with Crippen molar-refractivity contribution in [1.82, 2.24) is 20.6 Å². The zero-order valence-corrected chi connectivity index (χ0v) is 25.2. The first-order valence-corrected chi connectivity index (χ1v) is 12.2. The zero-order chi connectivity index (χ0) is 29.3. The maximum atomic E-state index is 11.6. The van der Waals surface area contributed by atoms with Gasteiger partial charge in [0.25, 0.3) is 0 Å². The predicted octanol–water partition coefficient (Wildman–Crippen LogP) is 3.14. The Kier molecular flexibility index (Phi) is 23.1. The van der Waals surface area contributed by atoms with Gasteiger partial charge in [0.2, 0.25) is 19.6 Å². The number of hydrogen-bond acceptors (Lipinski definition) is 11. The summed E-state index contributed by atoms with van der Waals surface area (Å²) in [6, 6.07) is -1.23. The molecule has 2 heterocycles. The molecule has 0 saturated carbocycles. The summed E-state index contributed by atoms with van der Waals surface area (Å²) in [5.74, 6) is -0.189. The second-order valence-corrected chi connectivity index (χ2v) is 9.02. The molecule has 0 aromatic carbocycles. The van der Waals surface area contributed by atoms with Crippen molar-refractivity contribution in [2.45, 2.75) is 96.7 Å². The maximum absolute atomic E-state index is 11.6. The number of oxazole rings is 2. The highest BCUT2D eigenvalue weighted by molar-refractivity contribution is 6.57. The number of ether oxygens (including phenoxy) is 1. The lowest BCUT2D eigenvalue weighted by atomic mass is 10.1. The normalized spacial score (nSPS) is 13.9. The lowest BCUT2D eigenvalue weighted by Gasteiger charge is -2.24. The maximum Gasteiger partial charge on any atom is 0.407 e. The molecule has 16 heteroatoms. The number of hydrogen-bond donors (Lipinski definition) is 5. The average Bonchev–Trinajstić information content (AvgIpc) is 3.59. The standard InChI is InChI=1S/C12H20N2O4.C7H12N2O2.C5H8BNO2.2ClH/c1-5-8(9(15)10-13-6-7-17-10)14-11(16)18-12(2,3)4;1-2-5(8)6(10)7-9-3-4-11-7;1-2-4(3-8)7-5(6)9;;/h6-9,15H,5H2,1-4H3,(H,14,16);3-6,10H,2,8H2,1H3;3-4H,2H2,1H3,(H,7,9);2*1H/t8-,9?;5-,6?;4-;;/m000../s1. The van der Waals surface area contributed by atoms with Gasteiger partial charge in [0, 0.05) is 6.04 Å². The summed E-state index contributed by atoms with van der Waals surface area (Å²) in [6.07, 6.45) is 5.84. The second-order valence-electron chi connectivity index (χ2n) is 9.02. The van der Waals surface area contributed by atoms with E-state index in [2.05, 4.69) is 20.6 Å². The second kappa shape index (κ2) is 22.1. The molecule has 2 radical (unpaired) electrons. The summed E-state index contributed by atoms with van der Waals surface area (Å²) in [7, 11) is 4.74. The summed E-state index contributed by atoms with van der Waals surface area (Å²) in [6.45, 7) is 10.9. The van der Waals surface area contributed by atoms with Crippen LogP contribution in [-0.2, 0) is 9.53 Å². The third kappa shape index (κ3) is 17.8. The smallest absolute Gasteiger partial charge is 0.407 e. The minimum atomic E-state index is -0.988. The number of carbonyl (C=O) groups is 3. The number of halogens is 2. The molecule has 40 heavy (non-hydrogen) atoms. The summed E-state index contributed by atoms with van der Waals surface area (Å²) in [5.41, 5.74) is 4.98. The number of carbonyl (C=O) groups excluding carboxylic acids is 3. The average molecular weight is 610 g/mol. The zero-order valence-electron chi connectivity index (χ0n) is 23.6. The Morgan fingerprint density at radius 3 is 1.80 bits per heavy atom. The number of rotatable bonds is 10. The molecule has 0 saturated heterocycles. The molecule has 6 N–H and O–H groups in total. The summed E-state index contributed by atoms with van der Waals surface area (Å²) in [4.78, 5) is 39.3. The number of nitrogens with zero attached hydrogens (tertiary/aromatic N) is 2. The van der Waals surface area contributed by atoms with E-state index < -0.39 is 41.8 Å². The number of nitrogens with one attached hydrogen (secondary N) is 2. The number of alkyl carbamates (subject to hydrolysis) is 1. The number of amides is 2. The van der Waals surface area contributed by atoms with Crippen LogP contribution in [0.1, 0.15) is 84.8 Å². The molecule has 5 atom stereocenters. The molecule has 2 aromatic rings. The molecular weight excluding hydrogens is 568 g/mol. The molecule has 0 aliphatic carbocycles. The summed E-state index contributed by atoms with van der Waals surface area (Å²) < 4.78 is 15.0. The van der Waals surface area contributed by atoms with E-state index in [9.17, 15) is 24.6 Å². The number of aldehydes is 1. The molecule has 2 rings (SSSR count). The van der Waals surface area contributed by atoms with Gasteiger partial charge >= 0.3 is 6.09 Å². The van der Waals surface area contributed by atoms with Crippen LogP contribution in [0.4, 0.5) is 9.59 Å². The quantitative estimate of drug-likeness (QED) is 0.195. The van der Waals surface area contributed by atoms with Crippen LogP contribution < -0.4 is 16.4 Å². The lowest BCUT2D eigenvalue weighted by molar-refractivity contribution is -0.109. The van der Waals surface area contributed by atoms with Crippen molar-refractivity contribution >= 4 is 50.8 Å². The van der Waals surface area contributed by atoms with Crippen LogP contribution in [0.2, 0.25) is 0 Å². The van der Waals surface area contributed by atoms with Gasteiger partial charge in [-0.1, -0.05) is 20.8 Å². The van der Waals surface area contributed by atoms with Gasteiger partial charge in [0.1, 0.15) is 30.5 Å². The van der Waals surface area contributed by atoms with Gasteiger partial charge in [0.15, 0.2) is 11.9 Å². The highest BCUT2D eigenvalue weighted by atomic mass is 35.5. The molecule has 0 bridgehead atoms. The molecule has 0 aliphatic heterocycles. The molecule has 2 aromatic heterocycles. The van der Waals surface area contributed by atoms with E-state index in [1.165, 1.54) is 24.9 Å². The molecular formula is C24H42BCl2N5O8. The van der Waals surface area contributed by atoms with Crippen LogP contribution in [0.25, 0.3) is 0 Å². The predicted molar refractivity (Wildman–Crippen MR) is 154 cm³/mol. The van der Waals surface area contributed by atoms with E-state index in [0.717, 1.165) is 0 Å². The Hall–Kier alpha value is -2.65. The largest absolute Gasteiger partial charge is 0.446 e. The number of aliphatic hydroxyl groups is 2. The first-order chi connectivity index (χ1) is 17.8. The summed E-state index contributed by atoms with van der Waals surface area (Å²) in [5, 5.41) is 24.2. The van der Waals surface area contributed by atoms with Crippen molar-refractivity contribution in [1.29, 1.82) is 0 Å². The minimum Gasteiger partial charge on any atom is -0.446 e. The molecule has 0 spiro atoms. The van der Waals surface area contributed by atoms with Crippen LogP contribution in [0.5, 0.6) is 0 Å². The van der Waals surface area contributed by atoms with E-state index in [-0.39, 0.29) is 36.7 Å². The van der Waals surface area contributed by atoms with Crippen LogP contribution in [0.3, 0.4) is 0 Å². The molecule has 0 aliphatic rings. The topological polar surface area (TPSA) is 203 Å². The lowest BCUT2D eigenvalue weighted by Crippen LogP contribution is -2.42. The van der Waals surface area contributed by atoms with E-state index >= 15 is 0 Å². The van der Waals surface area contributed by atoms with Crippen LogP contribution >= 0.6 is 24.8 Å².